The van der Waals surface area contributed by atoms with E-state index in [9.17, 15) is 22.8 Å². The molecule has 9 heteroatoms. The summed E-state index contributed by atoms with van der Waals surface area (Å²) in [4.78, 5) is 24.4. The van der Waals surface area contributed by atoms with Gasteiger partial charge in [0.2, 0.25) is 5.91 Å². The fraction of sp³-hybridized carbons (Fsp3) is 0.238. The highest BCUT2D eigenvalue weighted by Gasteiger charge is 2.37. The van der Waals surface area contributed by atoms with E-state index in [-0.39, 0.29) is 0 Å². The van der Waals surface area contributed by atoms with Crippen molar-refractivity contribution in [3.63, 3.8) is 0 Å². The number of methoxy groups -OCH3 is 3. The Balaban J connectivity index is 2.28. The van der Waals surface area contributed by atoms with E-state index in [1.165, 1.54) is 32.4 Å². The van der Waals surface area contributed by atoms with Crippen LogP contribution in [0.15, 0.2) is 48.5 Å². The van der Waals surface area contributed by atoms with E-state index in [1.54, 1.807) is 18.2 Å². The fourth-order valence-electron chi connectivity index (χ4n) is 2.71. The molecule has 0 aliphatic rings. The predicted octanol–water partition coefficient (Wildman–Crippen LogP) is 3.77. The molecule has 30 heavy (non-hydrogen) atoms. The summed E-state index contributed by atoms with van der Waals surface area (Å²) in [7, 11) is 3.96. The molecule has 0 heterocycles. The Hall–Kier alpha value is -3.49. The number of rotatable bonds is 7. The molecular weight excluding hydrogens is 403 g/mol. The van der Waals surface area contributed by atoms with Gasteiger partial charge < -0.3 is 19.5 Å². The molecule has 0 unspecified atom stereocenters. The van der Waals surface area contributed by atoms with Crippen LogP contribution < -0.4 is 14.8 Å². The molecule has 160 valence electrons. The van der Waals surface area contributed by atoms with Crippen molar-refractivity contribution < 1.29 is 37.0 Å². The molecule has 0 radical (unpaired) electrons. The molecule has 1 amide bonds. The largest absolute Gasteiger partial charge is 0.493 e. The minimum atomic E-state index is -4.71. The summed E-state index contributed by atoms with van der Waals surface area (Å²) in [6.07, 6.45) is -2.20. The Morgan fingerprint density at radius 2 is 1.67 bits per heavy atom. The maximum absolute atomic E-state index is 13.3. The van der Waals surface area contributed by atoms with Crippen molar-refractivity contribution in [1.82, 2.24) is 5.32 Å². The number of hydrogen-bond donors (Lipinski definition) is 1. The van der Waals surface area contributed by atoms with Gasteiger partial charge in [-0.3, -0.25) is 4.79 Å². The quantitative estimate of drug-likeness (QED) is 0.542. The highest BCUT2D eigenvalue weighted by atomic mass is 19.4. The van der Waals surface area contributed by atoms with Gasteiger partial charge >= 0.3 is 12.1 Å². The smallest absolute Gasteiger partial charge is 0.416 e. The van der Waals surface area contributed by atoms with Crippen LogP contribution in [0, 0.1) is 0 Å². The van der Waals surface area contributed by atoms with Gasteiger partial charge in [-0.1, -0.05) is 24.3 Å². The lowest BCUT2D eigenvalue weighted by atomic mass is 9.99. The molecule has 0 aromatic heterocycles. The monoisotopic (exact) mass is 423 g/mol. The summed E-state index contributed by atoms with van der Waals surface area (Å²) >= 11 is 0. The molecule has 0 bridgehead atoms. The lowest BCUT2D eigenvalue weighted by Crippen LogP contribution is -2.34. The third-order valence-electron chi connectivity index (χ3n) is 4.14. The molecule has 2 aromatic rings. The van der Waals surface area contributed by atoms with Crippen molar-refractivity contribution in [2.75, 3.05) is 21.3 Å². The number of carbonyl (C=O) groups is 2. The topological polar surface area (TPSA) is 73.9 Å². The number of alkyl halides is 3. The van der Waals surface area contributed by atoms with Crippen LogP contribution in [0.25, 0.3) is 6.08 Å². The minimum Gasteiger partial charge on any atom is -0.493 e. The molecule has 6 nitrogen and oxygen atoms in total. The van der Waals surface area contributed by atoms with Gasteiger partial charge in [0.1, 0.15) is 0 Å². The summed E-state index contributed by atoms with van der Waals surface area (Å²) in [5.74, 6) is -0.878. The van der Waals surface area contributed by atoms with Gasteiger partial charge in [-0.05, 0) is 35.4 Å². The normalized spacial score (nSPS) is 12.3. The Morgan fingerprint density at radius 3 is 2.27 bits per heavy atom. The predicted molar refractivity (Wildman–Crippen MR) is 103 cm³/mol. The van der Waals surface area contributed by atoms with E-state index in [4.69, 9.17) is 9.47 Å². The van der Waals surface area contributed by atoms with Gasteiger partial charge in [0.15, 0.2) is 17.5 Å². The third-order valence-corrected chi connectivity index (χ3v) is 4.14. The Kier molecular flexibility index (Phi) is 7.46. The molecule has 0 aliphatic heterocycles. The Bertz CT molecular complexity index is 940. The number of halogens is 3. The van der Waals surface area contributed by atoms with Crippen molar-refractivity contribution in [2.45, 2.75) is 12.2 Å². The summed E-state index contributed by atoms with van der Waals surface area (Å²) < 4.78 is 54.8. The van der Waals surface area contributed by atoms with Crippen LogP contribution in [0.3, 0.4) is 0 Å². The summed E-state index contributed by atoms with van der Waals surface area (Å²) in [6, 6.07) is 7.75. The first kappa shape index (κ1) is 22.8. The molecule has 2 rings (SSSR count). The van der Waals surface area contributed by atoms with Crippen molar-refractivity contribution in [3.8, 4) is 11.5 Å². The lowest BCUT2D eigenvalue weighted by molar-refractivity contribution is -0.146. The van der Waals surface area contributed by atoms with Crippen molar-refractivity contribution >= 4 is 18.0 Å². The first-order chi connectivity index (χ1) is 14.2. The van der Waals surface area contributed by atoms with Crippen LogP contribution in [0.5, 0.6) is 11.5 Å². The van der Waals surface area contributed by atoms with Gasteiger partial charge in [-0.2, -0.15) is 13.2 Å². The second kappa shape index (κ2) is 9.82. The van der Waals surface area contributed by atoms with Gasteiger partial charge in [0, 0.05) is 6.08 Å². The number of benzene rings is 2. The molecule has 1 N–H and O–H groups in total. The van der Waals surface area contributed by atoms with E-state index < -0.39 is 35.2 Å². The first-order valence-electron chi connectivity index (χ1n) is 8.65. The van der Waals surface area contributed by atoms with Crippen LogP contribution in [-0.4, -0.2) is 33.2 Å². The van der Waals surface area contributed by atoms with Crippen LogP contribution in [0.1, 0.15) is 22.7 Å². The van der Waals surface area contributed by atoms with Crippen molar-refractivity contribution in [3.05, 3.63) is 65.2 Å². The first-order valence-corrected chi connectivity index (χ1v) is 8.65. The van der Waals surface area contributed by atoms with Crippen LogP contribution in [0.4, 0.5) is 13.2 Å². The molecular formula is C21H20F3NO5. The maximum Gasteiger partial charge on any atom is 0.416 e. The third kappa shape index (κ3) is 5.53. The molecule has 0 spiro atoms. The number of hydrogen-bond acceptors (Lipinski definition) is 5. The molecule has 2 aromatic carbocycles. The van der Waals surface area contributed by atoms with Crippen LogP contribution >= 0.6 is 0 Å². The molecule has 0 saturated heterocycles. The van der Waals surface area contributed by atoms with Gasteiger partial charge in [-0.25, -0.2) is 4.79 Å². The number of esters is 1. The lowest BCUT2D eigenvalue weighted by Gasteiger charge is -2.20. The number of carbonyl (C=O) groups excluding carboxylic acids is 2. The summed E-state index contributed by atoms with van der Waals surface area (Å²) in [5, 5.41) is 2.26. The molecule has 0 aliphatic carbocycles. The molecule has 0 saturated carbocycles. The zero-order valence-electron chi connectivity index (χ0n) is 16.4. The fourth-order valence-corrected chi connectivity index (χ4v) is 2.71. The zero-order chi connectivity index (χ0) is 22.3. The standard InChI is InChI=1S/C21H20F3NO5/c1-28-16-10-8-13(12-17(16)29-2)9-11-18(26)25-19(20(27)30-3)14-6-4-5-7-15(14)21(22,23)24/h4-12,19H,1-3H3,(H,25,26)/b11-9+/t19-/m1/s1. The van der Waals surface area contributed by atoms with Gasteiger partial charge in [-0.15, -0.1) is 0 Å². The molecule has 1 atom stereocenters. The van der Waals surface area contributed by atoms with E-state index in [2.05, 4.69) is 10.1 Å². The van der Waals surface area contributed by atoms with E-state index in [1.807, 2.05) is 0 Å². The van der Waals surface area contributed by atoms with E-state index in [0.29, 0.717) is 17.1 Å². The van der Waals surface area contributed by atoms with Crippen molar-refractivity contribution in [1.29, 1.82) is 0 Å². The SMILES string of the molecule is COC(=O)[C@H](NC(=O)/C=C/c1ccc(OC)c(OC)c1)c1ccccc1C(F)(F)F. The number of ether oxygens (including phenoxy) is 3. The maximum atomic E-state index is 13.3. The highest BCUT2D eigenvalue weighted by molar-refractivity contribution is 5.95. The zero-order valence-corrected chi connectivity index (χ0v) is 16.4. The minimum absolute atomic E-state index is 0.412. The van der Waals surface area contributed by atoms with E-state index >= 15 is 0 Å². The number of nitrogens with one attached hydrogen (secondary N) is 1. The van der Waals surface area contributed by atoms with E-state index in [0.717, 1.165) is 25.3 Å². The molecule has 0 fully saturated rings. The van der Waals surface area contributed by atoms with Gasteiger partial charge in [0.25, 0.3) is 0 Å². The second-order valence-corrected chi connectivity index (χ2v) is 6.00. The summed E-state index contributed by atoms with van der Waals surface area (Å²) in [5.41, 5.74) is -0.873. The van der Waals surface area contributed by atoms with Crippen LogP contribution in [0.2, 0.25) is 0 Å². The Morgan fingerprint density at radius 1 is 1.00 bits per heavy atom. The van der Waals surface area contributed by atoms with Gasteiger partial charge in [0.05, 0.1) is 26.9 Å². The average Bonchev–Trinajstić information content (AvgIpc) is 2.74. The average molecular weight is 423 g/mol. The summed E-state index contributed by atoms with van der Waals surface area (Å²) in [6.45, 7) is 0. The highest BCUT2D eigenvalue weighted by Crippen LogP contribution is 2.35. The van der Waals surface area contributed by atoms with Crippen LogP contribution in [-0.2, 0) is 20.5 Å². The Labute approximate surface area is 171 Å². The second-order valence-electron chi connectivity index (χ2n) is 6.00. The number of amides is 1. The van der Waals surface area contributed by atoms with Crippen molar-refractivity contribution in [2.24, 2.45) is 0 Å².